The molecule has 0 atom stereocenters. The van der Waals surface area contributed by atoms with Gasteiger partial charge in [-0.3, -0.25) is 4.79 Å². The summed E-state index contributed by atoms with van der Waals surface area (Å²) in [6, 6.07) is 7.38. The summed E-state index contributed by atoms with van der Waals surface area (Å²) in [4.78, 5) is 16.7. The van der Waals surface area contributed by atoms with Gasteiger partial charge in [0.05, 0.1) is 21.3 Å². The summed E-state index contributed by atoms with van der Waals surface area (Å²) in [6.45, 7) is 5.55. The molecular weight excluding hydrogens is 320 g/mol. The number of carbonyl (C=O) groups is 1. The molecule has 0 unspecified atom stereocenters. The average molecular weight is 344 g/mol. The summed E-state index contributed by atoms with van der Waals surface area (Å²) in [5.41, 5.74) is 1.61. The molecule has 2 rings (SSSR count). The Bertz CT molecular complexity index is 767. The van der Waals surface area contributed by atoms with Gasteiger partial charge in [-0.25, -0.2) is 4.98 Å². The first-order valence-electron chi connectivity index (χ1n) is 7.88. The number of aromatic nitrogens is 1. The van der Waals surface area contributed by atoms with Crippen molar-refractivity contribution in [2.24, 2.45) is 5.41 Å². The molecule has 0 aliphatic carbocycles. The van der Waals surface area contributed by atoms with Crippen molar-refractivity contribution in [1.82, 2.24) is 4.98 Å². The molecule has 1 aromatic carbocycles. The first-order chi connectivity index (χ1) is 11.8. The van der Waals surface area contributed by atoms with Crippen molar-refractivity contribution in [2.75, 3.05) is 26.6 Å². The van der Waals surface area contributed by atoms with E-state index in [4.69, 9.17) is 14.2 Å². The lowest BCUT2D eigenvalue weighted by molar-refractivity contribution is -0.123. The van der Waals surface area contributed by atoms with Crippen LogP contribution in [-0.4, -0.2) is 32.2 Å². The zero-order chi connectivity index (χ0) is 18.6. The molecule has 1 heterocycles. The second kappa shape index (κ2) is 7.42. The van der Waals surface area contributed by atoms with Gasteiger partial charge in [0.2, 0.25) is 11.8 Å². The Morgan fingerprint density at radius 2 is 1.68 bits per heavy atom. The van der Waals surface area contributed by atoms with Crippen molar-refractivity contribution in [1.29, 1.82) is 0 Å². The maximum atomic E-state index is 12.5. The van der Waals surface area contributed by atoms with Gasteiger partial charge in [0, 0.05) is 17.2 Å². The van der Waals surface area contributed by atoms with Gasteiger partial charge in [0.15, 0.2) is 11.5 Å². The van der Waals surface area contributed by atoms with Crippen LogP contribution in [0.2, 0.25) is 0 Å². The summed E-state index contributed by atoms with van der Waals surface area (Å²) in [7, 11) is 4.69. The molecular formula is C19H24N2O4. The number of rotatable bonds is 5. The van der Waals surface area contributed by atoms with E-state index in [9.17, 15) is 4.79 Å². The van der Waals surface area contributed by atoms with Crippen molar-refractivity contribution >= 4 is 11.6 Å². The van der Waals surface area contributed by atoms with Crippen LogP contribution in [0, 0.1) is 5.41 Å². The summed E-state index contributed by atoms with van der Waals surface area (Å²) < 4.78 is 16.0. The first-order valence-corrected chi connectivity index (χ1v) is 7.88. The Kier molecular flexibility index (Phi) is 5.51. The highest BCUT2D eigenvalue weighted by molar-refractivity contribution is 5.99. The zero-order valence-electron chi connectivity index (χ0n) is 15.5. The number of pyridine rings is 1. The number of anilines is 1. The minimum atomic E-state index is -0.546. The maximum absolute atomic E-state index is 12.5. The smallest absolute Gasteiger partial charge is 0.238 e. The van der Waals surface area contributed by atoms with E-state index < -0.39 is 5.41 Å². The van der Waals surface area contributed by atoms with Crippen LogP contribution in [0.25, 0.3) is 11.1 Å². The van der Waals surface area contributed by atoms with Crippen LogP contribution in [0.4, 0.5) is 5.69 Å². The van der Waals surface area contributed by atoms with Crippen molar-refractivity contribution in [3.63, 3.8) is 0 Å². The molecule has 1 N–H and O–H groups in total. The highest BCUT2D eigenvalue weighted by Crippen LogP contribution is 2.38. The number of hydrogen-bond acceptors (Lipinski definition) is 5. The summed E-state index contributed by atoms with van der Waals surface area (Å²) >= 11 is 0. The number of ether oxygens (including phenoxy) is 3. The molecule has 0 bridgehead atoms. The van der Waals surface area contributed by atoms with Gasteiger partial charge >= 0.3 is 0 Å². The van der Waals surface area contributed by atoms with Crippen molar-refractivity contribution in [3.8, 4) is 28.5 Å². The van der Waals surface area contributed by atoms with Crippen LogP contribution >= 0.6 is 0 Å². The molecule has 1 aromatic heterocycles. The van der Waals surface area contributed by atoms with Crippen LogP contribution in [0.5, 0.6) is 17.4 Å². The minimum absolute atomic E-state index is 0.125. The van der Waals surface area contributed by atoms with Crippen LogP contribution in [0.1, 0.15) is 20.8 Å². The highest BCUT2D eigenvalue weighted by Gasteiger charge is 2.24. The van der Waals surface area contributed by atoms with Gasteiger partial charge in [0.1, 0.15) is 5.69 Å². The van der Waals surface area contributed by atoms with Gasteiger partial charge in [-0.15, -0.1) is 0 Å². The number of methoxy groups -OCH3 is 3. The first kappa shape index (κ1) is 18.6. The third-order valence-corrected chi connectivity index (χ3v) is 3.72. The number of hydrogen-bond donors (Lipinski definition) is 1. The van der Waals surface area contributed by atoms with Crippen molar-refractivity contribution in [2.45, 2.75) is 20.8 Å². The average Bonchev–Trinajstić information content (AvgIpc) is 2.60. The number of carbonyl (C=O) groups excluding carboxylic acids is 1. The number of nitrogens with one attached hydrogen (secondary N) is 1. The van der Waals surface area contributed by atoms with E-state index in [1.165, 1.54) is 7.11 Å². The highest BCUT2D eigenvalue weighted by atomic mass is 16.5. The van der Waals surface area contributed by atoms with Gasteiger partial charge in [0.25, 0.3) is 0 Å². The Morgan fingerprint density at radius 1 is 1.00 bits per heavy atom. The van der Waals surface area contributed by atoms with E-state index in [-0.39, 0.29) is 5.91 Å². The molecule has 0 aliphatic heterocycles. The summed E-state index contributed by atoms with van der Waals surface area (Å²) in [6.07, 6.45) is 1.64. The zero-order valence-corrected chi connectivity index (χ0v) is 15.5. The third-order valence-electron chi connectivity index (χ3n) is 3.72. The van der Waals surface area contributed by atoms with E-state index in [1.54, 1.807) is 20.4 Å². The van der Waals surface area contributed by atoms with E-state index in [1.807, 2.05) is 45.0 Å². The van der Waals surface area contributed by atoms with Crippen LogP contribution in [0.15, 0.2) is 30.5 Å². The predicted octanol–water partition coefficient (Wildman–Crippen LogP) is 3.76. The fourth-order valence-corrected chi connectivity index (χ4v) is 2.26. The maximum Gasteiger partial charge on any atom is 0.238 e. The lowest BCUT2D eigenvalue weighted by Gasteiger charge is -2.21. The quantitative estimate of drug-likeness (QED) is 0.894. The molecule has 0 saturated heterocycles. The molecule has 0 saturated carbocycles. The molecule has 6 heteroatoms. The molecule has 2 aromatic rings. The van der Waals surface area contributed by atoms with Crippen LogP contribution in [0.3, 0.4) is 0 Å². The minimum Gasteiger partial charge on any atom is -0.493 e. The molecule has 0 aliphatic rings. The monoisotopic (exact) mass is 344 g/mol. The van der Waals surface area contributed by atoms with Gasteiger partial charge in [-0.05, 0) is 23.8 Å². The standard InChI is InChI=1S/C19H24N2O4/c1-19(2,3)18(22)21-16-13(9-10-20-17(16)25-6)12-7-8-14(23-4)15(11-12)24-5/h7-11H,1-6H3,(H,21,22). The van der Waals surface area contributed by atoms with E-state index in [0.29, 0.717) is 23.1 Å². The third kappa shape index (κ3) is 4.02. The normalized spacial score (nSPS) is 11.0. The molecule has 0 spiro atoms. The number of nitrogens with zero attached hydrogens (tertiary/aromatic N) is 1. The number of benzene rings is 1. The molecule has 134 valence electrons. The topological polar surface area (TPSA) is 69.7 Å². The second-order valence-electron chi connectivity index (χ2n) is 6.52. The summed E-state index contributed by atoms with van der Waals surface area (Å²) in [5, 5.41) is 2.94. The van der Waals surface area contributed by atoms with E-state index in [2.05, 4.69) is 10.3 Å². The molecule has 0 radical (unpaired) electrons. The SMILES string of the molecule is COc1ccc(-c2ccnc(OC)c2NC(=O)C(C)(C)C)cc1OC. The molecule has 1 amide bonds. The number of amides is 1. The van der Waals surface area contributed by atoms with Crippen LogP contribution < -0.4 is 19.5 Å². The largest absolute Gasteiger partial charge is 0.493 e. The summed E-state index contributed by atoms with van der Waals surface area (Å²) in [5.74, 6) is 1.46. The Balaban J connectivity index is 2.56. The molecule has 25 heavy (non-hydrogen) atoms. The van der Waals surface area contributed by atoms with Crippen molar-refractivity contribution in [3.05, 3.63) is 30.5 Å². The fraction of sp³-hybridized carbons (Fsp3) is 0.368. The van der Waals surface area contributed by atoms with Gasteiger partial charge in [-0.2, -0.15) is 0 Å². The fourth-order valence-electron chi connectivity index (χ4n) is 2.26. The van der Waals surface area contributed by atoms with E-state index >= 15 is 0 Å². The lowest BCUT2D eigenvalue weighted by atomic mass is 9.95. The molecule has 6 nitrogen and oxygen atoms in total. The van der Waals surface area contributed by atoms with Gasteiger partial charge < -0.3 is 19.5 Å². The molecule has 0 fully saturated rings. The Hall–Kier alpha value is -2.76. The lowest BCUT2D eigenvalue weighted by Crippen LogP contribution is -2.28. The second-order valence-corrected chi connectivity index (χ2v) is 6.52. The van der Waals surface area contributed by atoms with Gasteiger partial charge in [-0.1, -0.05) is 26.8 Å². The Labute approximate surface area is 148 Å². The van der Waals surface area contributed by atoms with E-state index in [0.717, 1.165) is 11.1 Å². The predicted molar refractivity (Wildman–Crippen MR) is 97.4 cm³/mol. The van der Waals surface area contributed by atoms with Crippen LogP contribution in [-0.2, 0) is 4.79 Å². The van der Waals surface area contributed by atoms with Crippen molar-refractivity contribution < 1.29 is 19.0 Å². The Morgan fingerprint density at radius 3 is 2.24 bits per heavy atom.